The van der Waals surface area contributed by atoms with Crippen LogP contribution in [0.4, 0.5) is 5.69 Å². The lowest BCUT2D eigenvalue weighted by atomic mass is 10.2. The van der Waals surface area contributed by atoms with Gasteiger partial charge >= 0.3 is 0 Å². The molecule has 6 nitrogen and oxygen atoms in total. The number of hydrogen-bond acceptors (Lipinski definition) is 4. The van der Waals surface area contributed by atoms with Gasteiger partial charge in [0.15, 0.2) is 0 Å². The number of carbonyl (C=O) groups is 2. The molecule has 1 rings (SSSR count). The zero-order valence-electron chi connectivity index (χ0n) is 11.2. The molecule has 0 bridgehead atoms. The van der Waals surface area contributed by atoms with Gasteiger partial charge in [-0.2, -0.15) is 0 Å². The van der Waals surface area contributed by atoms with E-state index in [-0.39, 0.29) is 18.4 Å². The van der Waals surface area contributed by atoms with E-state index in [1.807, 2.05) is 0 Å². The van der Waals surface area contributed by atoms with Crippen LogP contribution in [0.1, 0.15) is 10.4 Å². The van der Waals surface area contributed by atoms with Crippen LogP contribution in [0.5, 0.6) is 0 Å². The Morgan fingerprint density at radius 2 is 1.89 bits per heavy atom. The van der Waals surface area contributed by atoms with Crippen LogP contribution in [-0.2, 0) is 9.53 Å². The highest BCUT2D eigenvalue weighted by Gasteiger charge is 2.03. The molecule has 0 saturated heterocycles. The number of amides is 2. The first-order valence-corrected chi connectivity index (χ1v) is 5.99. The summed E-state index contributed by atoms with van der Waals surface area (Å²) in [5, 5.41) is 8.22. The first-order valence-electron chi connectivity index (χ1n) is 5.99. The first-order chi connectivity index (χ1) is 9.17. The molecule has 0 atom stereocenters. The summed E-state index contributed by atoms with van der Waals surface area (Å²) in [4.78, 5) is 22.7. The van der Waals surface area contributed by atoms with Gasteiger partial charge in [0.05, 0.1) is 13.2 Å². The monoisotopic (exact) mass is 265 g/mol. The summed E-state index contributed by atoms with van der Waals surface area (Å²) in [7, 11) is 3.16. The summed E-state index contributed by atoms with van der Waals surface area (Å²) < 4.78 is 4.83. The summed E-state index contributed by atoms with van der Waals surface area (Å²) in [6, 6.07) is 6.91. The summed E-state index contributed by atoms with van der Waals surface area (Å²) >= 11 is 0. The van der Waals surface area contributed by atoms with E-state index in [4.69, 9.17) is 4.74 Å². The van der Waals surface area contributed by atoms with Crippen molar-refractivity contribution in [2.24, 2.45) is 0 Å². The van der Waals surface area contributed by atoms with Gasteiger partial charge in [0.2, 0.25) is 5.91 Å². The van der Waals surface area contributed by atoms with Gasteiger partial charge in [-0.25, -0.2) is 0 Å². The Bertz CT molecular complexity index is 418. The Balaban J connectivity index is 2.37. The number of anilines is 1. The second-order valence-electron chi connectivity index (χ2n) is 3.85. The average molecular weight is 265 g/mol. The highest BCUT2D eigenvalue weighted by atomic mass is 16.5. The molecule has 0 unspecified atom stereocenters. The number of benzene rings is 1. The predicted octanol–water partition coefficient (Wildman–Crippen LogP) is 0.221. The molecule has 0 saturated carbocycles. The highest BCUT2D eigenvalue weighted by molar-refractivity contribution is 5.94. The fourth-order valence-corrected chi connectivity index (χ4v) is 1.42. The molecule has 0 spiro atoms. The van der Waals surface area contributed by atoms with Gasteiger partial charge in [0.1, 0.15) is 0 Å². The summed E-state index contributed by atoms with van der Waals surface area (Å²) in [6.45, 7) is 1.17. The third-order valence-electron chi connectivity index (χ3n) is 2.46. The molecule has 0 aliphatic carbocycles. The highest BCUT2D eigenvalue weighted by Crippen LogP contribution is 2.08. The molecule has 19 heavy (non-hydrogen) atoms. The predicted molar refractivity (Wildman–Crippen MR) is 73.2 cm³/mol. The molecule has 2 amide bonds. The smallest absolute Gasteiger partial charge is 0.251 e. The van der Waals surface area contributed by atoms with Crippen LogP contribution in [-0.4, -0.2) is 45.7 Å². The van der Waals surface area contributed by atoms with Gasteiger partial charge in [0.25, 0.3) is 5.91 Å². The van der Waals surface area contributed by atoms with Crippen molar-refractivity contribution in [3.8, 4) is 0 Å². The maximum absolute atomic E-state index is 11.4. The Labute approximate surface area is 112 Å². The Hall–Kier alpha value is -2.08. The summed E-state index contributed by atoms with van der Waals surface area (Å²) in [5.74, 6) is -0.240. The number of carbonyl (C=O) groups excluding carboxylic acids is 2. The second-order valence-corrected chi connectivity index (χ2v) is 3.85. The standard InChI is InChI=1S/C13H19N3O3/c1-14-13(18)10-3-5-11(6-4-10)16-9-12(17)15-7-8-19-2/h3-6,16H,7-9H2,1-2H3,(H,14,18)(H,15,17). The molecular weight excluding hydrogens is 246 g/mol. The molecule has 104 valence electrons. The van der Waals surface area contributed by atoms with Crippen molar-refractivity contribution >= 4 is 17.5 Å². The van der Waals surface area contributed by atoms with E-state index in [2.05, 4.69) is 16.0 Å². The third kappa shape index (κ3) is 5.39. The molecule has 1 aromatic rings. The van der Waals surface area contributed by atoms with E-state index in [9.17, 15) is 9.59 Å². The lowest BCUT2D eigenvalue weighted by Crippen LogP contribution is -2.32. The van der Waals surface area contributed by atoms with E-state index >= 15 is 0 Å². The van der Waals surface area contributed by atoms with E-state index in [1.165, 1.54) is 0 Å². The van der Waals surface area contributed by atoms with Crippen molar-refractivity contribution in [2.75, 3.05) is 39.2 Å². The molecule has 0 fully saturated rings. The van der Waals surface area contributed by atoms with Crippen molar-refractivity contribution in [1.82, 2.24) is 10.6 Å². The van der Waals surface area contributed by atoms with Crippen LogP contribution in [0.3, 0.4) is 0 Å². The molecular formula is C13H19N3O3. The van der Waals surface area contributed by atoms with Gasteiger partial charge in [-0.15, -0.1) is 0 Å². The van der Waals surface area contributed by atoms with Gasteiger partial charge in [0, 0.05) is 32.0 Å². The molecule has 0 radical (unpaired) electrons. The number of hydrogen-bond donors (Lipinski definition) is 3. The molecule has 0 aromatic heterocycles. The van der Waals surface area contributed by atoms with Gasteiger partial charge in [-0.1, -0.05) is 0 Å². The number of rotatable bonds is 7. The normalized spacial score (nSPS) is 9.79. The fourth-order valence-electron chi connectivity index (χ4n) is 1.42. The largest absolute Gasteiger partial charge is 0.383 e. The molecule has 0 heterocycles. The van der Waals surface area contributed by atoms with Crippen molar-refractivity contribution in [3.63, 3.8) is 0 Å². The molecule has 0 aliphatic heterocycles. The molecule has 0 aliphatic rings. The topological polar surface area (TPSA) is 79.5 Å². The number of ether oxygens (including phenoxy) is 1. The Morgan fingerprint density at radius 3 is 2.47 bits per heavy atom. The van der Waals surface area contributed by atoms with Crippen LogP contribution in [0.25, 0.3) is 0 Å². The Morgan fingerprint density at radius 1 is 1.21 bits per heavy atom. The zero-order valence-corrected chi connectivity index (χ0v) is 11.2. The zero-order chi connectivity index (χ0) is 14.1. The van der Waals surface area contributed by atoms with Crippen molar-refractivity contribution in [2.45, 2.75) is 0 Å². The minimum atomic E-state index is -0.135. The van der Waals surface area contributed by atoms with Gasteiger partial charge in [-0.05, 0) is 24.3 Å². The van der Waals surface area contributed by atoms with Crippen LogP contribution < -0.4 is 16.0 Å². The first kappa shape index (κ1) is 15.0. The fraction of sp³-hybridized carbons (Fsp3) is 0.385. The lowest BCUT2D eigenvalue weighted by molar-refractivity contribution is -0.119. The minimum Gasteiger partial charge on any atom is -0.383 e. The van der Waals surface area contributed by atoms with Crippen molar-refractivity contribution < 1.29 is 14.3 Å². The number of methoxy groups -OCH3 is 1. The second kappa shape index (κ2) is 8.10. The van der Waals surface area contributed by atoms with E-state index in [0.717, 1.165) is 5.69 Å². The summed E-state index contributed by atoms with van der Waals surface area (Å²) in [5.41, 5.74) is 1.37. The van der Waals surface area contributed by atoms with E-state index in [0.29, 0.717) is 18.7 Å². The van der Waals surface area contributed by atoms with E-state index < -0.39 is 0 Å². The quantitative estimate of drug-likeness (QED) is 0.616. The van der Waals surface area contributed by atoms with E-state index in [1.54, 1.807) is 38.4 Å². The summed E-state index contributed by atoms with van der Waals surface area (Å²) in [6.07, 6.45) is 0. The van der Waals surface area contributed by atoms with Crippen LogP contribution >= 0.6 is 0 Å². The van der Waals surface area contributed by atoms with Crippen LogP contribution in [0.2, 0.25) is 0 Å². The number of nitrogens with one attached hydrogen (secondary N) is 3. The Kier molecular flexibility index (Phi) is 6.38. The van der Waals surface area contributed by atoms with Crippen molar-refractivity contribution in [1.29, 1.82) is 0 Å². The van der Waals surface area contributed by atoms with Crippen LogP contribution in [0, 0.1) is 0 Å². The SMILES string of the molecule is CNC(=O)c1ccc(NCC(=O)NCCOC)cc1. The van der Waals surface area contributed by atoms with Crippen LogP contribution in [0.15, 0.2) is 24.3 Å². The van der Waals surface area contributed by atoms with Gasteiger partial charge in [-0.3, -0.25) is 9.59 Å². The molecule has 3 N–H and O–H groups in total. The molecule has 6 heteroatoms. The van der Waals surface area contributed by atoms with Crippen molar-refractivity contribution in [3.05, 3.63) is 29.8 Å². The molecule has 1 aromatic carbocycles. The average Bonchev–Trinajstić information content (AvgIpc) is 2.45. The third-order valence-corrected chi connectivity index (χ3v) is 2.46. The van der Waals surface area contributed by atoms with Gasteiger partial charge < -0.3 is 20.7 Å². The maximum Gasteiger partial charge on any atom is 0.251 e. The lowest BCUT2D eigenvalue weighted by Gasteiger charge is -2.08. The minimum absolute atomic E-state index is 0.104. The maximum atomic E-state index is 11.4.